The van der Waals surface area contributed by atoms with Crippen LogP contribution in [0.2, 0.25) is 0 Å². The zero-order valence-corrected chi connectivity index (χ0v) is 19.5. The first-order chi connectivity index (χ1) is 15.9. The summed E-state index contributed by atoms with van der Waals surface area (Å²) in [6, 6.07) is 11.8. The molecular formula is C25H26F3NO3S. The van der Waals surface area contributed by atoms with E-state index in [0.29, 0.717) is 18.9 Å². The molecule has 0 saturated carbocycles. The van der Waals surface area contributed by atoms with Crippen molar-refractivity contribution in [1.82, 2.24) is 4.98 Å². The lowest BCUT2D eigenvalue weighted by atomic mass is 9.78. The molecule has 2 heterocycles. The van der Waals surface area contributed by atoms with E-state index in [2.05, 4.69) is 11.9 Å². The zero-order chi connectivity index (χ0) is 23.5. The molecule has 0 N–H and O–H groups in total. The van der Waals surface area contributed by atoms with Gasteiger partial charge in [-0.1, -0.05) is 44.2 Å². The van der Waals surface area contributed by atoms with Crippen LogP contribution in [-0.4, -0.2) is 31.1 Å². The first-order valence-corrected chi connectivity index (χ1v) is 11.7. The summed E-state index contributed by atoms with van der Waals surface area (Å²) >= 11 is 1.41. The molecule has 1 aliphatic heterocycles. The van der Waals surface area contributed by atoms with Crippen molar-refractivity contribution in [3.63, 3.8) is 0 Å². The van der Waals surface area contributed by atoms with Crippen LogP contribution < -0.4 is 0 Å². The number of benzene rings is 2. The highest BCUT2D eigenvalue weighted by Crippen LogP contribution is 2.44. The molecule has 4 nitrogen and oxygen atoms in total. The van der Waals surface area contributed by atoms with Crippen molar-refractivity contribution in [2.24, 2.45) is 11.8 Å². The average Bonchev–Trinajstić information content (AvgIpc) is 3.29. The molecule has 2 aromatic carbocycles. The predicted molar refractivity (Wildman–Crippen MR) is 120 cm³/mol. The molecule has 0 bridgehead atoms. The predicted octanol–water partition coefficient (Wildman–Crippen LogP) is 6.17. The molecule has 0 aliphatic carbocycles. The van der Waals surface area contributed by atoms with E-state index in [0.717, 1.165) is 22.7 Å². The number of methoxy groups -OCH3 is 1. The van der Waals surface area contributed by atoms with E-state index in [4.69, 9.17) is 14.2 Å². The number of hydrogen-bond acceptors (Lipinski definition) is 5. The summed E-state index contributed by atoms with van der Waals surface area (Å²) in [6.07, 6.45) is -0.655. The van der Waals surface area contributed by atoms with Crippen molar-refractivity contribution in [3.05, 3.63) is 75.9 Å². The van der Waals surface area contributed by atoms with E-state index in [1.165, 1.54) is 11.3 Å². The quantitative estimate of drug-likeness (QED) is 0.382. The third-order valence-corrected chi connectivity index (χ3v) is 7.12. The molecule has 1 fully saturated rings. The smallest absolute Gasteiger partial charge is 0.194 e. The fourth-order valence-corrected chi connectivity index (χ4v) is 5.51. The van der Waals surface area contributed by atoms with Gasteiger partial charge in [-0.3, -0.25) is 0 Å². The van der Waals surface area contributed by atoms with Gasteiger partial charge >= 0.3 is 0 Å². The largest absolute Gasteiger partial charge is 0.374 e. The molecule has 2 unspecified atom stereocenters. The van der Waals surface area contributed by atoms with Crippen molar-refractivity contribution < 1.29 is 27.4 Å². The van der Waals surface area contributed by atoms with Gasteiger partial charge in [-0.2, -0.15) is 0 Å². The lowest BCUT2D eigenvalue weighted by Gasteiger charge is -2.43. The van der Waals surface area contributed by atoms with Crippen LogP contribution in [-0.2, 0) is 20.8 Å². The van der Waals surface area contributed by atoms with Gasteiger partial charge < -0.3 is 14.2 Å². The maximum absolute atomic E-state index is 13.7. The maximum atomic E-state index is 13.7. The van der Waals surface area contributed by atoms with E-state index in [-0.39, 0.29) is 29.4 Å². The standard InChI is InChI=1S/C25H26F3NO3S/c1-14-21(12-31-11-16-7-5-4-6-8-16)32-25(30-3)15(2)22(14)24-29-20(13-33-24)17-9-18(26)23(28)19(27)10-17/h4-10,13-15,21-22,25H,11-12H2,1-3H3/t14-,15?,21?,22-,25-/m0/s1. The fourth-order valence-electron chi connectivity index (χ4n) is 4.35. The summed E-state index contributed by atoms with van der Waals surface area (Å²) in [5.74, 6) is -3.91. The van der Waals surface area contributed by atoms with E-state index < -0.39 is 23.7 Å². The van der Waals surface area contributed by atoms with Crippen LogP contribution in [0.3, 0.4) is 0 Å². The summed E-state index contributed by atoms with van der Waals surface area (Å²) in [6.45, 7) is 5.00. The first-order valence-electron chi connectivity index (χ1n) is 10.8. The highest BCUT2D eigenvalue weighted by molar-refractivity contribution is 7.10. The lowest BCUT2D eigenvalue weighted by molar-refractivity contribution is -0.239. The molecule has 176 valence electrons. The Kier molecular flexibility index (Phi) is 7.48. The number of aromatic nitrogens is 1. The van der Waals surface area contributed by atoms with Crippen LogP contribution >= 0.6 is 11.3 Å². The van der Waals surface area contributed by atoms with Crippen LogP contribution in [0.1, 0.15) is 30.3 Å². The van der Waals surface area contributed by atoms with Gasteiger partial charge in [-0.05, 0) is 23.6 Å². The lowest BCUT2D eigenvalue weighted by Crippen LogP contribution is -2.47. The van der Waals surface area contributed by atoms with E-state index >= 15 is 0 Å². The number of rotatable bonds is 7. The molecule has 0 radical (unpaired) electrons. The number of ether oxygens (including phenoxy) is 3. The Balaban J connectivity index is 1.53. The normalized spacial score (nSPS) is 25.3. The Hall–Kier alpha value is -2.26. The van der Waals surface area contributed by atoms with Gasteiger partial charge in [0, 0.05) is 29.9 Å². The zero-order valence-electron chi connectivity index (χ0n) is 18.6. The van der Waals surface area contributed by atoms with Crippen LogP contribution in [0.25, 0.3) is 11.3 Å². The number of hydrogen-bond donors (Lipinski definition) is 0. The van der Waals surface area contributed by atoms with Gasteiger partial charge in [0.05, 0.1) is 30.0 Å². The molecular weight excluding hydrogens is 451 g/mol. The van der Waals surface area contributed by atoms with Crippen molar-refractivity contribution in [2.45, 2.75) is 38.8 Å². The summed E-state index contributed by atoms with van der Waals surface area (Å²) < 4.78 is 58.5. The van der Waals surface area contributed by atoms with Gasteiger partial charge in [0.2, 0.25) is 0 Å². The van der Waals surface area contributed by atoms with E-state index in [1.807, 2.05) is 37.3 Å². The third-order valence-electron chi connectivity index (χ3n) is 6.17. The molecule has 1 aliphatic rings. The highest BCUT2D eigenvalue weighted by Gasteiger charge is 2.43. The van der Waals surface area contributed by atoms with Crippen molar-refractivity contribution >= 4 is 11.3 Å². The van der Waals surface area contributed by atoms with Crippen LogP contribution in [0.5, 0.6) is 0 Å². The minimum Gasteiger partial charge on any atom is -0.374 e. The second-order valence-electron chi connectivity index (χ2n) is 8.35. The molecule has 1 aromatic heterocycles. The van der Waals surface area contributed by atoms with Gasteiger partial charge in [-0.25, -0.2) is 18.2 Å². The fraction of sp³-hybridized carbons (Fsp3) is 0.400. The first kappa shape index (κ1) is 23.9. The van der Waals surface area contributed by atoms with Gasteiger partial charge in [-0.15, -0.1) is 11.3 Å². The van der Waals surface area contributed by atoms with Gasteiger partial charge in [0.15, 0.2) is 23.7 Å². The molecule has 0 amide bonds. The monoisotopic (exact) mass is 477 g/mol. The van der Waals surface area contributed by atoms with Crippen LogP contribution in [0.15, 0.2) is 47.8 Å². The number of thiazole rings is 1. The number of nitrogens with zero attached hydrogens (tertiary/aromatic N) is 1. The Morgan fingerprint density at radius 2 is 1.73 bits per heavy atom. The third kappa shape index (κ3) is 5.14. The second-order valence-corrected chi connectivity index (χ2v) is 9.24. The molecule has 33 heavy (non-hydrogen) atoms. The average molecular weight is 478 g/mol. The molecule has 4 rings (SSSR count). The topological polar surface area (TPSA) is 40.6 Å². The Bertz CT molecular complexity index is 1050. The summed E-state index contributed by atoms with van der Waals surface area (Å²) in [7, 11) is 1.60. The minimum atomic E-state index is -1.48. The second kappa shape index (κ2) is 10.3. The molecule has 0 spiro atoms. The molecule has 1 saturated heterocycles. The van der Waals surface area contributed by atoms with Crippen molar-refractivity contribution in [3.8, 4) is 11.3 Å². The van der Waals surface area contributed by atoms with Crippen LogP contribution in [0, 0.1) is 29.3 Å². The highest BCUT2D eigenvalue weighted by atomic mass is 32.1. The molecule has 3 aromatic rings. The number of halogens is 3. The van der Waals surface area contributed by atoms with Crippen molar-refractivity contribution in [1.29, 1.82) is 0 Å². The van der Waals surface area contributed by atoms with E-state index in [1.54, 1.807) is 12.5 Å². The van der Waals surface area contributed by atoms with Gasteiger partial charge in [0.1, 0.15) is 0 Å². The minimum absolute atomic E-state index is 0.00365. The summed E-state index contributed by atoms with van der Waals surface area (Å²) in [4.78, 5) is 4.66. The van der Waals surface area contributed by atoms with Crippen LogP contribution in [0.4, 0.5) is 13.2 Å². The summed E-state index contributed by atoms with van der Waals surface area (Å²) in [5.41, 5.74) is 1.69. The Morgan fingerprint density at radius 3 is 2.39 bits per heavy atom. The van der Waals surface area contributed by atoms with Crippen molar-refractivity contribution in [2.75, 3.05) is 13.7 Å². The summed E-state index contributed by atoms with van der Waals surface area (Å²) in [5, 5.41) is 2.55. The maximum Gasteiger partial charge on any atom is 0.194 e. The van der Waals surface area contributed by atoms with E-state index in [9.17, 15) is 13.2 Å². The molecule has 8 heteroatoms. The Labute approximate surface area is 195 Å². The van der Waals surface area contributed by atoms with Gasteiger partial charge in [0.25, 0.3) is 0 Å². The molecule has 5 atom stereocenters. The Morgan fingerprint density at radius 1 is 1.03 bits per heavy atom. The SMILES string of the molecule is CO[C@H]1OC(COCc2ccccc2)[C@H](C)[C@H](c2nc(-c3cc(F)c(F)c(F)c3)cs2)C1C.